The number of anilines is 1. The molecule has 3 aromatic carbocycles. The zero-order valence-electron chi connectivity index (χ0n) is 18.2. The maximum atomic E-state index is 12.3. The van der Waals surface area contributed by atoms with E-state index in [2.05, 4.69) is 27.3 Å². The number of ether oxygens (including phenoxy) is 2. The number of carbonyl (C=O) groups excluding carboxylic acids is 1. The van der Waals surface area contributed by atoms with Gasteiger partial charge < -0.3 is 14.8 Å². The molecule has 0 saturated carbocycles. The highest BCUT2D eigenvalue weighted by atomic mass is 79.9. The second-order valence-electron chi connectivity index (χ2n) is 6.94. The minimum absolute atomic E-state index is 0.0554. The summed E-state index contributed by atoms with van der Waals surface area (Å²) < 4.78 is 12.0. The zero-order chi connectivity index (χ0) is 24.5. The number of nitro groups is 1. The van der Waals surface area contributed by atoms with Crippen molar-refractivity contribution in [2.24, 2.45) is 0 Å². The third kappa shape index (κ3) is 6.43. The molecule has 0 aliphatic rings. The van der Waals surface area contributed by atoms with Crippen molar-refractivity contribution in [1.29, 1.82) is 5.26 Å². The summed E-state index contributed by atoms with van der Waals surface area (Å²) in [5, 5.41) is 23.2. The lowest BCUT2D eigenvalue weighted by Crippen LogP contribution is -2.20. The van der Waals surface area contributed by atoms with Crippen molar-refractivity contribution < 1.29 is 19.2 Å². The third-order valence-electron chi connectivity index (χ3n) is 4.56. The fourth-order valence-corrected chi connectivity index (χ4v) is 3.61. The van der Waals surface area contributed by atoms with Crippen LogP contribution in [0.4, 0.5) is 11.4 Å². The molecule has 0 saturated heterocycles. The van der Waals surface area contributed by atoms with Crippen LogP contribution in [0.2, 0.25) is 0 Å². The predicted molar refractivity (Wildman–Crippen MR) is 132 cm³/mol. The van der Waals surface area contributed by atoms with Gasteiger partial charge in [-0.1, -0.05) is 18.2 Å². The standard InChI is InChI=1S/C25H20BrN3O5/c1-2-33-23-14-17(12-19(15-27)18-8-10-21(11-9-18)29(31)32)13-22(26)25(23)34-16-24(30)28-20-6-4-3-5-7-20/h3-14H,2,16H2,1H3,(H,28,30)/b19-12+. The number of nitrogens with one attached hydrogen (secondary N) is 1. The number of nitro benzene ring substituents is 1. The summed E-state index contributed by atoms with van der Waals surface area (Å²) in [6, 6.07) is 20.3. The summed E-state index contributed by atoms with van der Waals surface area (Å²) in [4.78, 5) is 22.6. The van der Waals surface area contributed by atoms with Crippen molar-refractivity contribution in [3.05, 3.63) is 92.4 Å². The second kappa shape index (κ2) is 11.6. The summed E-state index contributed by atoms with van der Waals surface area (Å²) in [7, 11) is 0. The molecule has 0 aliphatic carbocycles. The van der Waals surface area contributed by atoms with Crippen LogP contribution in [-0.4, -0.2) is 24.0 Å². The van der Waals surface area contributed by atoms with Gasteiger partial charge in [-0.05, 0) is 76.5 Å². The number of rotatable bonds is 9. The van der Waals surface area contributed by atoms with Crippen LogP contribution < -0.4 is 14.8 Å². The Labute approximate surface area is 204 Å². The number of non-ortho nitro benzene ring substituents is 1. The first-order valence-corrected chi connectivity index (χ1v) is 11.0. The normalized spacial score (nSPS) is 10.8. The molecular formula is C25H20BrN3O5. The average Bonchev–Trinajstić information content (AvgIpc) is 2.83. The molecule has 0 fully saturated rings. The van der Waals surface area contributed by atoms with Gasteiger partial charge in [0.05, 0.1) is 27.6 Å². The molecule has 8 nitrogen and oxygen atoms in total. The molecule has 0 heterocycles. The largest absolute Gasteiger partial charge is 0.490 e. The van der Waals surface area contributed by atoms with Crippen molar-refractivity contribution in [1.82, 2.24) is 0 Å². The van der Waals surface area contributed by atoms with Crippen LogP contribution in [-0.2, 0) is 4.79 Å². The van der Waals surface area contributed by atoms with Gasteiger partial charge in [-0.25, -0.2) is 0 Å². The minimum Gasteiger partial charge on any atom is -0.490 e. The molecule has 172 valence electrons. The van der Waals surface area contributed by atoms with E-state index in [0.29, 0.717) is 45.0 Å². The fraction of sp³-hybridized carbons (Fsp3) is 0.120. The van der Waals surface area contributed by atoms with Gasteiger partial charge in [0, 0.05) is 17.8 Å². The van der Waals surface area contributed by atoms with Gasteiger partial charge in [0.25, 0.3) is 11.6 Å². The molecule has 3 aromatic rings. The van der Waals surface area contributed by atoms with E-state index < -0.39 is 4.92 Å². The molecule has 0 aliphatic heterocycles. The monoisotopic (exact) mass is 521 g/mol. The van der Waals surface area contributed by atoms with Crippen molar-refractivity contribution >= 4 is 44.9 Å². The van der Waals surface area contributed by atoms with Gasteiger partial charge in [0.15, 0.2) is 18.1 Å². The molecule has 0 bridgehead atoms. The summed E-state index contributed by atoms with van der Waals surface area (Å²) in [6.45, 7) is 1.95. The number of carbonyl (C=O) groups is 1. The van der Waals surface area contributed by atoms with Crippen LogP contribution in [0.1, 0.15) is 18.1 Å². The van der Waals surface area contributed by atoms with E-state index in [-0.39, 0.29) is 18.2 Å². The Morgan fingerprint density at radius 1 is 1.15 bits per heavy atom. The first kappa shape index (κ1) is 24.5. The number of allylic oxidation sites excluding steroid dienone is 1. The Morgan fingerprint density at radius 2 is 1.85 bits per heavy atom. The van der Waals surface area contributed by atoms with E-state index >= 15 is 0 Å². The fourth-order valence-electron chi connectivity index (χ4n) is 3.04. The maximum absolute atomic E-state index is 12.3. The van der Waals surface area contributed by atoms with E-state index in [0.717, 1.165) is 0 Å². The topological polar surface area (TPSA) is 114 Å². The Balaban J connectivity index is 1.82. The van der Waals surface area contributed by atoms with Crippen molar-refractivity contribution in [2.45, 2.75) is 6.92 Å². The number of para-hydroxylation sites is 1. The number of amides is 1. The van der Waals surface area contributed by atoms with Crippen LogP contribution in [0, 0.1) is 21.4 Å². The average molecular weight is 522 g/mol. The quantitative estimate of drug-likeness (QED) is 0.164. The predicted octanol–water partition coefficient (Wildman–Crippen LogP) is 5.84. The SMILES string of the molecule is CCOc1cc(/C=C(\C#N)c2ccc([N+](=O)[O-])cc2)cc(Br)c1OCC(=O)Nc1ccccc1. The Bertz CT molecular complexity index is 1250. The zero-order valence-corrected chi connectivity index (χ0v) is 19.7. The lowest BCUT2D eigenvalue weighted by atomic mass is 10.0. The van der Waals surface area contributed by atoms with Gasteiger partial charge in [-0.3, -0.25) is 14.9 Å². The number of hydrogen-bond acceptors (Lipinski definition) is 6. The van der Waals surface area contributed by atoms with Crippen molar-refractivity contribution in [3.8, 4) is 17.6 Å². The molecule has 0 radical (unpaired) electrons. The second-order valence-corrected chi connectivity index (χ2v) is 7.79. The van der Waals surface area contributed by atoms with E-state index in [1.165, 1.54) is 24.3 Å². The molecular weight excluding hydrogens is 502 g/mol. The number of nitriles is 1. The highest BCUT2D eigenvalue weighted by Crippen LogP contribution is 2.38. The number of hydrogen-bond donors (Lipinski definition) is 1. The number of halogens is 1. The smallest absolute Gasteiger partial charge is 0.269 e. The Morgan fingerprint density at radius 3 is 2.47 bits per heavy atom. The molecule has 1 amide bonds. The molecule has 0 aromatic heterocycles. The minimum atomic E-state index is -0.496. The van der Waals surface area contributed by atoms with Crippen molar-refractivity contribution in [2.75, 3.05) is 18.5 Å². The van der Waals surface area contributed by atoms with E-state index in [1.54, 1.807) is 30.3 Å². The van der Waals surface area contributed by atoms with Crippen LogP contribution >= 0.6 is 15.9 Å². The molecule has 0 spiro atoms. The van der Waals surface area contributed by atoms with E-state index in [4.69, 9.17) is 9.47 Å². The van der Waals surface area contributed by atoms with Gasteiger partial charge in [0.1, 0.15) is 0 Å². The number of benzene rings is 3. The van der Waals surface area contributed by atoms with Gasteiger partial charge in [0.2, 0.25) is 0 Å². The Hall–Kier alpha value is -4.16. The maximum Gasteiger partial charge on any atom is 0.269 e. The van der Waals surface area contributed by atoms with Gasteiger partial charge >= 0.3 is 0 Å². The lowest BCUT2D eigenvalue weighted by Gasteiger charge is -2.15. The third-order valence-corrected chi connectivity index (χ3v) is 5.15. The van der Waals surface area contributed by atoms with Crippen LogP contribution in [0.15, 0.2) is 71.2 Å². The van der Waals surface area contributed by atoms with Crippen LogP contribution in [0.5, 0.6) is 11.5 Å². The summed E-state index contributed by atoms with van der Waals surface area (Å²) >= 11 is 3.45. The first-order chi connectivity index (χ1) is 16.4. The molecule has 1 N–H and O–H groups in total. The first-order valence-electron chi connectivity index (χ1n) is 10.2. The van der Waals surface area contributed by atoms with Crippen LogP contribution in [0.25, 0.3) is 11.6 Å². The number of nitrogens with zero attached hydrogens (tertiary/aromatic N) is 2. The van der Waals surface area contributed by atoms with E-state index in [9.17, 15) is 20.2 Å². The molecule has 9 heteroatoms. The summed E-state index contributed by atoms with van der Waals surface area (Å²) in [5.74, 6) is 0.433. The van der Waals surface area contributed by atoms with Gasteiger partial charge in [-0.15, -0.1) is 0 Å². The van der Waals surface area contributed by atoms with Crippen molar-refractivity contribution in [3.63, 3.8) is 0 Å². The summed E-state index contributed by atoms with van der Waals surface area (Å²) in [5.41, 5.74) is 2.11. The molecule has 0 unspecified atom stereocenters. The van der Waals surface area contributed by atoms with Crippen LogP contribution in [0.3, 0.4) is 0 Å². The van der Waals surface area contributed by atoms with Gasteiger partial charge in [-0.2, -0.15) is 5.26 Å². The lowest BCUT2D eigenvalue weighted by molar-refractivity contribution is -0.384. The highest BCUT2D eigenvalue weighted by Gasteiger charge is 2.15. The highest BCUT2D eigenvalue weighted by molar-refractivity contribution is 9.10. The molecule has 34 heavy (non-hydrogen) atoms. The summed E-state index contributed by atoms with van der Waals surface area (Å²) in [6.07, 6.45) is 1.64. The van der Waals surface area contributed by atoms with E-state index in [1.807, 2.05) is 25.1 Å². The molecule has 3 rings (SSSR count). The molecule has 0 atom stereocenters. The Kier molecular flexibility index (Phi) is 8.37.